The van der Waals surface area contributed by atoms with Crippen LogP contribution in [0.4, 0.5) is 0 Å². The largest absolute Gasteiger partial charge is 0.497 e. The van der Waals surface area contributed by atoms with E-state index in [9.17, 15) is 4.79 Å². The molecule has 1 N–H and O–H groups in total. The summed E-state index contributed by atoms with van der Waals surface area (Å²) in [5, 5.41) is 10.8. The van der Waals surface area contributed by atoms with Gasteiger partial charge in [-0.3, -0.25) is 0 Å². The molecule has 88 valence electrons. The second kappa shape index (κ2) is 5.25. The van der Waals surface area contributed by atoms with Gasteiger partial charge in [-0.15, -0.1) is 11.3 Å². The molecular formula is C12H10O3S2. The van der Waals surface area contributed by atoms with Crippen molar-refractivity contribution in [2.75, 3.05) is 7.11 Å². The van der Waals surface area contributed by atoms with E-state index in [0.29, 0.717) is 5.56 Å². The van der Waals surface area contributed by atoms with Gasteiger partial charge in [-0.25, -0.2) is 4.79 Å². The standard InChI is InChI=1S/C12H10O3S2/c1-15-8-2-4-9(5-3-8)17-12-10(11(13)14)6-7-16-12/h2-7H,1H3,(H,13,14). The van der Waals surface area contributed by atoms with Crippen molar-refractivity contribution >= 4 is 29.1 Å². The number of hydrogen-bond donors (Lipinski definition) is 1. The lowest BCUT2D eigenvalue weighted by Crippen LogP contribution is -1.94. The van der Waals surface area contributed by atoms with Crippen molar-refractivity contribution in [1.29, 1.82) is 0 Å². The van der Waals surface area contributed by atoms with Crippen LogP contribution in [-0.4, -0.2) is 18.2 Å². The van der Waals surface area contributed by atoms with Crippen molar-refractivity contribution in [2.24, 2.45) is 0 Å². The molecule has 1 heterocycles. The number of methoxy groups -OCH3 is 1. The minimum Gasteiger partial charge on any atom is -0.497 e. The third-order valence-corrected chi connectivity index (χ3v) is 4.29. The molecule has 0 saturated carbocycles. The van der Waals surface area contributed by atoms with Crippen molar-refractivity contribution in [3.63, 3.8) is 0 Å². The Bertz CT molecular complexity index is 517. The van der Waals surface area contributed by atoms with E-state index in [2.05, 4.69) is 0 Å². The van der Waals surface area contributed by atoms with Crippen LogP contribution in [0.5, 0.6) is 5.75 Å². The number of aromatic carboxylic acids is 1. The molecule has 0 aliphatic rings. The number of rotatable bonds is 4. The van der Waals surface area contributed by atoms with Crippen LogP contribution >= 0.6 is 23.1 Å². The fourth-order valence-corrected chi connectivity index (χ4v) is 3.29. The number of thiophene rings is 1. The number of carboxylic acid groups (broad SMARTS) is 1. The second-order valence-electron chi connectivity index (χ2n) is 3.20. The van der Waals surface area contributed by atoms with Gasteiger partial charge in [-0.2, -0.15) is 0 Å². The lowest BCUT2D eigenvalue weighted by Gasteiger charge is -2.02. The molecular weight excluding hydrogens is 256 g/mol. The maximum absolute atomic E-state index is 10.9. The van der Waals surface area contributed by atoms with E-state index in [-0.39, 0.29) is 0 Å². The first-order valence-corrected chi connectivity index (χ1v) is 6.53. The summed E-state index contributed by atoms with van der Waals surface area (Å²) in [6.07, 6.45) is 0. The number of carbonyl (C=O) groups is 1. The van der Waals surface area contributed by atoms with Gasteiger partial charge in [0, 0.05) is 4.90 Å². The Morgan fingerprint density at radius 1 is 1.29 bits per heavy atom. The molecule has 0 radical (unpaired) electrons. The summed E-state index contributed by atoms with van der Waals surface area (Å²) in [5.41, 5.74) is 0.357. The summed E-state index contributed by atoms with van der Waals surface area (Å²) in [7, 11) is 1.62. The highest BCUT2D eigenvalue weighted by atomic mass is 32.2. The first-order chi connectivity index (χ1) is 8.20. The van der Waals surface area contributed by atoms with Crippen LogP contribution in [0.2, 0.25) is 0 Å². The molecule has 2 rings (SSSR count). The second-order valence-corrected chi connectivity index (χ2v) is 5.46. The average Bonchev–Trinajstić information content (AvgIpc) is 2.78. The summed E-state index contributed by atoms with van der Waals surface area (Å²) >= 11 is 2.88. The normalized spacial score (nSPS) is 10.2. The smallest absolute Gasteiger partial charge is 0.337 e. The quantitative estimate of drug-likeness (QED) is 0.918. The van der Waals surface area contributed by atoms with Crippen LogP contribution in [0.25, 0.3) is 0 Å². The molecule has 0 fully saturated rings. The van der Waals surface area contributed by atoms with Gasteiger partial charge in [-0.05, 0) is 35.7 Å². The molecule has 0 spiro atoms. The van der Waals surface area contributed by atoms with E-state index in [4.69, 9.17) is 9.84 Å². The molecule has 0 aliphatic carbocycles. The summed E-state index contributed by atoms with van der Waals surface area (Å²) in [6, 6.07) is 9.16. The van der Waals surface area contributed by atoms with Crippen molar-refractivity contribution < 1.29 is 14.6 Å². The summed E-state index contributed by atoms with van der Waals surface area (Å²) in [6.45, 7) is 0. The highest BCUT2D eigenvalue weighted by Gasteiger charge is 2.12. The predicted octanol–water partition coefficient (Wildman–Crippen LogP) is 3.61. The number of hydrogen-bond acceptors (Lipinski definition) is 4. The minimum atomic E-state index is -0.887. The average molecular weight is 266 g/mol. The van der Waals surface area contributed by atoms with Crippen LogP contribution in [0.1, 0.15) is 10.4 Å². The molecule has 17 heavy (non-hydrogen) atoms. The molecule has 0 unspecified atom stereocenters. The Kier molecular flexibility index (Phi) is 3.71. The summed E-state index contributed by atoms with van der Waals surface area (Å²) in [5.74, 6) is -0.0961. The monoisotopic (exact) mass is 266 g/mol. The number of benzene rings is 1. The van der Waals surface area contributed by atoms with Gasteiger partial charge in [0.15, 0.2) is 0 Å². The van der Waals surface area contributed by atoms with Crippen LogP contribution in [-0.2, 0) is 0 Å². The Morgan fingerprint density at radius 3 is 2.59 bits per heavy atom. The Morgan fingerprint density at radius 2 is 2.00 bits per heavy atom. The van der Waals surface area contributed by atoms with Gasteiger partial charge < -0.3 is 9.84 Å². The van der Waals surface area contributed by atoms with Crippen molar-refractivity contribution in [3.05, 3.63) is 41.3 Å². The minimum absolute atomic E-state index is 0.357. The molecule has 0 bridgehead atoms. The van der Waals surface area contributed by atoms with Crippen LogP contribution in [0.3, 0.4) is 0 Å². The molecule has 0 atom stereocenters. The van der Waals surface area contributed by atoms with E-state index in [1.165, 1.54) is 23.1 Å². The molecule has 0 saturated heterocycles. The van der Waals surface area contributed by atoms with E-state index < -0.39 is 5.97 Å². The number of carboxylic acids is 1. The van der Waals surface area contributed by atoms with Crippen LogP contribution < -0.4 is 4.74 Å². The fourth-order valence-electron chi connectivity index (χ4n) is 1.28. The lowest BCUT2D eigenvalue weighted by atomic mass is 10.3. The summed E-state index contributed by atoms with van der Waals surface area (Å²) < 4.78 is 5.86. The maximum Gasteiger partial charge on any atom is 0.337 e. The van der Waals surface area contributed by atoms with E-state index in [1.807, 2.05) is 24.3 Å². The summed E-state index contributed by atoms with van der Waals surface area (Å²) in [4.78, 5) is 11.9. The molecule has 0 amide bonds. The Hall–Kier alpha value is -1.46. The van der Waals surface area contributed by atoms with Crippen LogP contribution in [0.15, 0.2) is 44.8 Å². The SMILES string of the molecule is COc1ccc(Sc2sccc2C(=O)O)cc1. The van der Waals surface area contributed by atoms with Gasteiger partial charge in [0.2, 0.25) is 0 Å². The first-order valence-electron chi connectivity index (χ1n) is 4.83. The molecule has 1 aromatic carbocycles. The highest BCUT2D eigenvalue weighted by molar-refractivity contribution is 8.01. The first kappa shape index (κ1) is 12.0. The molecule has 3 nitrogen and oxygen atoms in total. The number of ether oxygens (including phenoxy) is 1. The van der Waals surface area contributed by atoms with E-state index >= 15 is 0 Å². The fraction of sp³-hybridized carbons (Fsp3) is 0.0833. The van der Waals surface area contributed by atoms with Crippen molar-refractivity contribution in [3.8, 4) is 5.75 Å². The Balaban J connectivity index is 2.19. The Labute approximate surface area is 107 Å². The topological polar surface area (TPSA) is 46.5 Å². The predicted molar refractivity (Wildman–Crippen MR) is 68.4 cm³/mol. The van der Waals surface area contributed by atoms with Gasteiger partial charge in [-0.1, -0.05) is 11.8 Å². The van der Waals surface area contributed by atoms with Crippen molar-refractivity contribution in [1.82, 2.24) is 0 Å². The third kappa shape index (κ3) is 2.81. The zero-order valence-corrected chi connectivity index (χ0v) is 10.7. The third-order valence-electron chi connectivity index (χ3n) is 2.13. The lowest BCUT2D eigenvalue weighted by molar-refractivity contribution is 0.0694. The van der Waals surface area contributed by atoms with Gasteiger partial charge >= 0.3 is 5.97 Å². The zero-order valence-electron chi connectivity index (χ0n) is 9.04. The molecule has 2 aromatic rings. The molecule has 1 aromatic heterocycles. The molecule has 5 heteroatoms. The van der Waals surface area contributed by atoms with Gasteiger partial charge in [0.25, 0.3) is 0 Å². The van der Waals surface area contributed by atoms with Gasteiger partial charge in [0.1, 0.15) is 5.75 Å². The van der Waals surface area contributed by atoms with Crippen molar-refractivity contribution in [2.45, 2.75) is 9.10 Å². The highest BCUT2D eigenvalue weighted by Crippen LogP contribution is 2.35. The van der Waals surface area contributed by atoms with Gasteiger partial charge in [0.05, 0.1) is 16.9 Å². The zero-order chi connectivity index (χ0) is 12.3. The van der Waals surface area contributed by atoms with Crippen LogP contribution in [0, 0.1) is 0 Å². The molecule has 0 aliphatic heterocycles. The van der Waals surface area contributed by atoms with E-state index in [1.54, 1.807) is 18.6 Å². The van der Waals surface area contributed by atoms with E-state index in [0.717, 1.165) is 14.9 Å². The maximum atomic E-state index is 10.9.